The van der Waals surface area contributed by atoms with E-state index in [4.69, 9.17) is 0 Å². The second kappa shape index (κ2) is 15.6. The van der Waals surface area contributed by atoms with Crippen LogP contribution in [0.25, 0.3) is 22.3 Å². The molecule has 1 aliphatic heterocycles. The molecule has 2 atom stereocenters. The molecule has 1 aliphatic rings. The predicted octanol–water partition coefficient (Wildman–Crippen LogP) is 15.1. The normalized spacial score (nSPS) is 19.1. The second-order valence-corrected chi connectivity index (χ2v) is 22.4. The van der Waals surface area contributed by atoms with Gasteiger partial charge in [0.15, 0.2) is 0 Å². The highest BCUT2D eigenvalue weighted by Crippen LogP contribution is 2.64. The molecule has 3 aromatic carbocycles. The molecule has 2 unspecified atom stereocenters. The summed E-state index contributed by atoms with van der Waals surface area (Å²) in [6.07, 6.45) is 1.35. The van der Waals surface area contributed by atoms with Crippen molar-refractivity contribution in [2.24, 2.45) is 10.8 Å². The molecular formula is C49H73OP. The van der Waals surface area contributed by atoms with Crippen LogP contribution < -0.4 is 5.30 Å². The van der Waals surface area contributed by atoms with Crippen molar-refractivity contribution >= 4 is 19.0 Å². The van der Waals surface area contributed by atoms with Gasteiger partial charge in [-0.05, 0) is 119 Å². The molecule has 0 radical (unpaired) electrons. The van der Waals surface area contributed by atoms with E-state index in [1.807, 2.05) is 0 Å². The van der Waals surface area contributed by atoms with Gasteiger partial charge in [0, 0.05) is 12.8 Å². The van der Waals surface area contributed by atoms with E-state index in [1.54, 1.807) is 5.30 Å². The average molecular weight is 709 g/mol. The fourth-order valence-electron chi connectivity index (χ4n) is 8.45. The van der Waals surface area contributed by atoms with Crippen LogP contribution in [0.15, 0.2) is 42.5 Å². The zero-order valence-corrected chi connectivity index (χ0v) is 36.8. The minimum Gasteiger partial charge on any atom is -0.300 e. The highest BCUT2D eigenvalue weighted by Gasteiger charge is 2.48. The molecule has 0 N–H and O–H groups in total. The van der Waals surface area contributed by atoms with E-state index in [2.05, 4.69) is 167 Å². The van der Waals surface area contributed by atoms with Crippen LogP contribution in [-0.4, -0.2) is 17.1 Å². The van der Waals surface area contributed by atoms with E-state index in [0.29, 0.717) is 54.1 Å². The summed E-state index contributed by atoms with van der Waals surface area (Å²) in [5, 5.41) is 1.56. The van der Waals surface area contributed by atoms with Crippen LogP contribution >= 0.6 is 7.92 Å². The van der Waals surface area contributed by atoms with E-state index < -0.39 is 7.92 Å². The molecule has 0 amide bonds. The molecule has 1 fully saturated rings. The summed E-state index contributed by atoms with van der Waals surface area (Å²) < 4.78 is 0. The molecule has 3 aromatic rings. The molecule has 1 heterocycles. The fourth-order valence-corrected chi connectivity index (χ4v) is 12.9. The van der Waals surface area contributed by atoms with Crippen molar-refractivity contribution in [3.8, 4) is 22.3 Å². The summed E-state index contributed by atoms with van der Waals surface area (Å²) in [5.74, 6) is 2.91. The lowest BCUT2D eigenvalue weighted by atomic mass is 9.79. The van der Waals surface area contributed by atoms with Gasteiger partial charge >= 0.3 is 0 Å². The molecule has 280 valence electrons. The first-order valence-electron chi connectivity index (χ1n) is 20.3. The molecule has 2 heteroatoms. The van der Waals surface area contributed by atoms with Crippen molar-refractivity contribution in [2.75, 3.05) is 0 Å². The summed E-state index contributed by atoms with van der Waals surface area (Å²) in [6.45, 7) is 42.8. The molecule has 1 saturated heterocycles. The van der Waals surface area contributed by atoms with Gasteiger partial charge in [-0.2, -0.15) is 0 Å². The summed E-state index contributed by atoms with van der Waals surface area (Å²) in [7, 11) is -0.773. The van der Waals surface area contributed by atoms with Gasteiger partial charge in [-0.3, -0.25) is 4.79 Å². The molecule has 0 aliphatic carbocycles. The van der Waals surface area contributed by atoms with Gasteiger partial charge in [0.25, 0.3) is 0 Å². The lowest BCUT2D eigenvalue weighted by Crippen LogP contribution is -2.44. The van der Waals surface area contributed by atoms with Crippen LogP contribution in [0.4, 0.5) is 0 Å². The Bertz CT molecular complexity index is 1520. The van der Waals surface area contributed by atoms with Crippen molar-refractivity contribution in [3.05, 3.63) is 75.8 Å². The van der Waals surface area contributed by atoms with Gasteiger partial charge in [0.1, 0.15) is 5.78 Å². The number of carbonyl (C=O) groups is 1. The first-order chi connectivity index (χ1) is 23.5. The molecule has 1 nitrogen and oxygen atoms in total. The van der Waals surface area contributed by atoms with Crippen LogP contribution in [0.2, 0.25) is 0 Å². The number of benzene rings is 3. The maximum Gasteiger partial charge on any atom is 0.134 e. The topological polar surface area (TPSA) is 17.1 Å². The molecule has 4 rings (SSSR count). The zero-order valence-electron chi connectivity index (χ0n) is 35.9. The Kier molecular flexibility index (Phi) is 12.7. The minimum absolute atomic E-state index is 0.0117. The van der Waals surface area contributed by atoms with E-state index >= 15 is 0 Å². The lowest BCUT2D eigenvalue weighted by molar-refractivity contribution is -0.120. The van der Waals surface area contributed by atoms with Gasteiger partial charge in [-0.1, -0.05) is 175 Å². The maximum atomic E-state index is 13.9. The summed E-state index contributed by atoms with van der Waals surface area (Å²) in [4.78, 5) is 13.9. The Hall–Kier alpha value is -2.24. The van der Waals surface area contributed by atoms with E-state index in [1.165, 1.54) is 55.6 Å². The Balaban J connectivity index is 2.37. The SMILES string of the molecule is CC(C)c1cc(C(C)C)c(-c2cccc(-c3c(C(C)C)cc(C(C)C)cc3C(C)C)c2P2C(C(C)(C)C)CC(=O)CC2C(C)(C)C)c(C(C)C)c1. The highest BCUT2D eigenvalue weighted by molar-refractivity contribution is 7.68. The first kappa shape index (κ1) is 41.5. The minimum atomic E-state index is -0.773. The summed E-state index contributed by atoms with van der Waals surface area (Å²) in [5.41, 5.74) is 15.1. The Morgan fingerprint density at radius 1 is 0.510 bits per heavy atom. The fraction of sp³-hybridized carbons (Fsp3) is 0.612. The monoisotopic (exact) mass is 709 g/mol. The molecule has 0 saturated carbocycles. The van der Waals surface area contributed by atoms with Crippen LogP contribution in [-0.2, 0) is 4.79 Å². The number of ketones is 1. The second-order valence-electron chi connectivity index (χ2n) is 19.9. The highest BCUT2D eigenvalue weighted by atomic mass is 31.1. The molecule has 51 heavy (non-hydrogen) atoms. The van der Waals surface area contributed by atoms with Crippen LogP contribution in [0.5, 0.6) is 0 Å². The third-order valence-corrected chi connectivity index (χ3v) is 15.9. The van der Waals surface area contributed by atoms with E-state index in [9.17, 15) is 4.79 Å². The Morgan fingerprint density at radius 2 is 0.804 bits per heavy atom. The average Bonchev–Trinajstić information content (AvgIpc) is 3.01. The number of rotatable bonds is 9. The van der Waals surface area contributed by atoms with Crippen LogP contribution in [0.1, 0.15) is 206 Å². The lowest BCUT2D eigenvalue weighted by Gasteiger charge is -2.50. The zero-order chi connectivity index (χ0) is 38.5. The van der Waals surface area contributed by atoms with Crippen molar-refractivity contribution in [1.29, 1.82) is 0 Å². The van der Waals surface area contributed by atoms with Gasteiger partial charge < -0.3 is 0 Å². The molecular weight excluding hydrogens is 636 g/mol. The van der Waals surface area contributed by atoms with E-state index in [-0.39, 0.29) is 22.1 Å². The largest absolute Gasteiger partial charge is 0.300 e. The number of carbonyl (C=O) groups excluding carboxylic acids is 1. The Labute approximate surface area is 316 Å². The molecule has 0 spiro atoms. The third kappa shape index (κ3) is 8.61. The van der Waals surface area contributed by atoms with Gasteiger partial charge in [0.05, 0.1) is 0 Å². The van der Waals surface area contributed by atoms with Gasteiger partial charge in [0.2, 0.25) is 0 Å². The quantitative estimate of drug-likeness (QED) is 0.202. The number of hydrogen-bond donors (Lipinski definition) is 0. The Morgan fingerprint density at radius 3 is 1.04 bits per heavy atom. The smallest absolute Gasteiger partial charge is 0.134 e. The summed E-state index contributed by atoms with van der Waals surface area (Å²) in [6, 6.07) is 17.4. The molecule has 0 bridgehead atoms. The van der Waals surface area contributed by atoms with Gasteiger partial charge in [-0.15, -0.1) is 0 Å². The standard InChI is InChI=1S/C49H73OP/c1-28(2)34-22-39(30(5)6)45(40(23-34)31(7)8)37-20-19-21-38(46-41(32(9)10)24-35(29(3)4)25-42(46)33(11)12)47(37)51-43(48(13,14)15)26-36(50)27-44(51)49(16,17)18/h19-25,28-33,43-44H,26-27H2,1-18H3. The van der Waals surface area contributed by atoms with Gasteiger partial charge in [-0.25, -0.2) is 0 Å². The number of Topliss-reactive ketones (excluding diaryl/α,β-unsaturated/α-hetero) is 1. The van der Waals surface area contributed by atoms with Crippen LogP contribution in [0, 0.1) is 10.8 Å². The summed E-state index contributed by atoms with van der Waals surface area (Å²) >= 11 is 0. The van der Waals surface area contributed by atoms with Crippen molar-refractivity contribution < 1.29 is 4.79 Å². The molecule has 0 aromatic heterocycles. The third-order valence-electron chi connectivity index (χ3n) is 11.6. The number of hydrogen-bond acceptors (Lipinski definition) is 1. The van der Waals surface area contributed by atoms with Crippen molar-refractivity contribution in [2.45, 2.75) is 184 Å². The maximum absolute atomic E-state index is 13.9. The van der Waals surface area contributed by atoms with Crippen LogP contribution in [0.3, 0.4) is 0 Å². The van der Waals surface area contributed by atoms with Crippen molar-refractivity contribution in [3.63, 3.8) is 0 Å². The van der Waals surface area contributed by atoms with E-state index in [0.717, 1.165) is 0 Å². The van der Waals surface area contributed by atoms with Crippen molar-refractivity contribution in [1.82, 2.24) is 0 Å². The first-order valence-corrected chi connectivity index (χ1v) is 21.7. The predicted molar refractivity (Wildman–Crippen MR) is 229 cm³/mol.